The number of benzene rings is 2. The zero-order valence-electron chi connectivity index (χ0n) is 14.1. The van der Waals surface area contributed by atoms with Crippen LogP contribution in [0.1, 0.15) is 36.8 Å². The van der Waals surface area contributed by atoms with Crippen LogP contribution in [-0.2, 0) is 13.2 Å². The normalized spacial score (nSPS) is 14.8. The Morgan fingerprint density at radius 2 is 1.83 bits per heavy atom. The van der Waals surface area contributed by atoms with Crippen molar-refractivity contribution in [2.24, 2.45) is 0 Å². The molecule has 24 heavy (non-hydrogen) atoms. The summed E-state index contributed by atoms with van der Waals surface area (Å²) in [6.07, 6.45) is 5.25. The van der Waals surface area contributed by atoms with Gasteiger partial charge in [0, 0.05) is 12.6 Å². The number of methoxy groups -OCH3 is 1. The maximum absolute atomic E-state index is 6.06. The van der Waals surface area contributed by atoms with Crippen LogP contribution < -0.4 is 14.8 Å². The number of nitrogens with one attached hydrogen (secondary N) is 1. The maximum Gasteiger partial charge on any atom is 0.176 e. The Labute approximate surface area is 152 Å². The molecule has 3 rings (SSSR count). The largest absolute Gasteiger partial charge is 0.493 e. The highest BCUT2D eigenvalue weighted by atomic mass is 79.9. The van der Waals surface area contributed by atoms with Crippen molar-refractivity contribution < 1.29 is 9.47 Å². The van der Waals surface area contributed by atoms with Crippen LogP contribution in [0.4, 0.5) is 0 Å². The predicted molar refractivity (Wildman–Crippen MR) is 101 cm³/mol. The SMILES string of the molecule is COc1ccc(CNC2CCCC2)c(Br)c1OCc1ccccc1. The first-order valence-corrected chi connectivity index (χ1v) is 9.32. The van der Waals surface area contributed by atoms with Gasteiger partial charge in [0.2, 0.25) is 0 Å². The summed E-state index contributed by atoms with van der Waals surface area (Å²) in [7, 11) is 1.67. The van der Waals surface area contributed by atoms with E-state index in [4.69, 9.17) is 9.47 Å². The molecule has 0 atom stereocenters. The van der Waals surface area contributed by atoms with Crippen LogP contribution in [0.2, 0.25) is 0 Å². The van der Waals surface area contributed by atoms with Crippen LogP contribution in [0.3, 0.4) is 0 Å². The molecule has 0 unspecified atom stereocenters. The molecule has 0 saturated heterocycles. The Kier molecular flexibility index (Phi) is 6.16. The molecule has 1 N–H and O–H groups in total. The third-order valence-electron chi connectivity index (χ3n) is 4.52. The van der Waals surface area contributed by atoms with Crippen molar-refractivity contribution in [2.75, 3.05) is 7.11 Å². The molecular weight excluding hydrogens is 366 g/mol. The minimum Gasteiger partial charge on any atom is -0.493 e. The standard InChI is InChI=1S/C20H24BrNO2/c1-23-18-12-11-16(13-22-17-9-5-6-10-17)19(21)20(18)24-14-15-7-3-2-4-8-15/h2-4,7-8,11-12,17,22H,5-6,9-10,13-14H2,1H3. The number of ether oxygens (including phenoxy) is 2. The highest BCUT2D eigenvalue weighted by Crippen LogP contribution is 2.38. The van der Waals surface area contributed by atoms with E-state index in [1.807, 2.05) is 24.3 Å². The molecule has 1 fully saturated rings. The fourth-order valence-electron chi connectivity index (χ4n) is 3.12. The number of hydrogen-bond donors (Lipinski definition) is 1. The van der Waals surface area contributed by atoms with Gasteiger partial charge in [0.1, 0.15) is 6.61 Å². The average Bonchev–Trinajstić information content (AvgIpc) is 3.14. The Hall–Kier alpha value is -1.52. The van der Waals surface area contributed by atoms with Crippen molar-refractivity contribution in [3.05, 3.63) is 58.1 Å². The van der Waals surface area contributed by atoms with E-state index in [0.717, 1.165) is 28.1 Å². The van der Waals surface area contributed by atoms with Crippen molar-refractivity contribution in [3.63, 3.8) is 0 Å². The van der Waals surface area contributed by atoms with E-state index >= 15 is 0 Å². The van der Waals surface area contributed by atoms with Gasteiger partial charge in [0.15, 0.2) is 11.5 Å². The molecule has 0 radical (unpaired) electrons. The van der Waals surface area contributed by atoms with Gasteiger partial charge >= 0.3 is 0 Å². The van der Waals surface area contributed by atoms with Gasteiger partial charge in [-0.3, -0.25) is 0 Å². The highest BCUT2D eigenvalue weighted by molar-refractivity contribution is 9.10. The van der Waals surface area contributed by atoms with Crippen LogP contribution in [0.25, 0.3) is 0 Å². The lowest BCUT2D eigenvalue weighted by molar-refractivity contribution is 0.282. The molecule has 4 heteroatoms. The molecular formula is C20H24BrNO2. The first-order valence-electron chi connectivity index (χ1n) is 8.53. The summed E-state index contributed by atoms with van der Waals surface area (Å²) >= 11 is 3.71. The predicted octanol–water partition coefficient (Wildman–Crippen LogP) is 5.07. The molecule has 0 aromatic heterocycles. The minimum absolute atomic E-state index is 0.523. The summed E-state index contributed by atoms with van der Waals surface area (Å²) in [5.74, 6) is 1.52. The van der Waals surface area contributed by atoms with Gasteiger partial charge < -0.3 is 14.8 Å². The van der Waals surface area contributed by atoms with E-state index in [9.17, 15) is 0 Å². The smallest absolute Gasteiger partial charge is 0.176 e. The molecule has 1 saturated carbocycles. The second kappa shape index (κ2) is 8.54. The van der Waals surface area contributed by atoms with Crippen molar-refractivity contribution in [1.82, 2.24) is 5.32 Å². The molecule has 0 heterocycles. The van der Waals surface area contributed by atoms with Crippen LogP contribution in [0.15, 0.2) is 46.9 Å². The summed E-state index contributed by atoms with van der Waals surface area (Å²) in [5, 5.41) is 3.65. The fourth-order valence-corrected chi connectivity index (χ4v) is 3.71. The maximum atomic E-state index is 6.06. The molecule has 0 bridgehead atoms. The number of hydrogen-bond acceptors (Lipinski definition) is 3. The summed E-state index contributed by atoms with van der Waals surface area (Å²) in [6.45, 7) is 1.37. The van der Waals surface area contributed by atoms with Gasteiger partial charge in [-0.2, -0.15) is 0 Å². The van der Waals surface area contributed by atoms with E-state index in [1.54, 1.807) is 7.11 Å². The monoisotopic (exact) mass is 389 g/mol. The Balaban J connectivity index is 1.71. The molecule has 0 amide bonds. The lowest BCUT2D eigenvalue weighted by atomic mass is 10.1. The lowest BCUT2D eigenvalue weighted by Gasteiger charge is -2.17. The van der Waals surface area contributed by atoms with Crippen molar-refractivity contribution >= 4 is 15.9 Å². The van der Waals surface area contributed by atoms with E-state index in [0.29, 0.717) is 12.6 Å². The first-order chi connectivity index (χ1) is 11.8. The van der Waals surface area contributed by atoms with Crippen LogP contribution >= 0.6 is 15.9 Å². The summed E-state index contributed by atoms with van der Waals surface area (Å²) in [6, 6.07) is 14.9. The van der Waals surface area contributed by atoms with Crippen LogP contribution in [0, 0.1) is 0 Å². The second-order valence-electron chi connectivity index (χ2n) is 6.21. The number of halogens is 1. The second-order valence-corrected chi connectivity index (χ2v) is 7.00. The third-order valence-corrected chi connectivity index (χ3v) is 5.39. The summed E-state index contributed by atoms with van der Waals surface area (Å²) in [5.41, 5.74) is 2.34. The molecule has 0 spiro atoms. The molecule has 2 aromatic rings. The Bertz CT molecular complexity index is 654. The van der Waals surface area contributed by atoms with E-state index < -0.39 is 0 Å². The lowest BCUT2D eigenvalue weighted by Crippen LogP contribution is -2.25. The van der Waals surface area contributed by atoms with Gasteiger partial charge in [-0.15, -0.1) is 0 Å². The topological polar surface area (TPSA) is 30.5 Å². The summed E-state index contributed by atoms with van der Waals surface area (Å²) < 4.78 is 12.5. The minimum atomic E-state index is 0.523. The molecule has 2 aromatic carbocycles. The Morgan fingerprint density at radius 3 is 2.54 bits per heavy atom. The van der Waals surface area contributed by atoms with Gasteiger partial charge in [-0.1, -0.05) is 49.2 Å². The van der Waals surface area contributed by atoms with E-state index in [-0.39, 0.29) is 0 Å². The zero-order valence-corrected chi connectivity index (χ0v) is 15.6. The number of rotatable bonds is 7. The van der Waals surface area contributed by atoms with Crippen LogP contribution in [-0.4, -0.2) is 13.2 Å². The van der Waals surface area contributed by atoms with Gasteiger partial charge in [0.05, 0.1) is 11.6 Å². The van der Waals surface area contributed by atoms with Gasteiger partial charge in [0.25, 0.3) is 0 Å². The van der Waals surface area contributed by atoms with Gasteiger partial charge in [-0.05, 0) is 46.0 Å². The van der Waals surface area contributed by atoms with E-state index in [2.05, 4.69) is 39.4 Å². The molecule has 1 aliphatic rings. The van der Waals surface area contributed by atoms with Crippen molar-refractivity contribution in [1.29, 1.82) is 0 Å². The highest BCUT2D eigenvalue weighted by Gasteiger charge is 2.17. The molecule has 1 aliphatic carbocycles. The quantitative estimate of drug-likeness (QED) is 0.716. The first kappa shape index (κ1) is 17.3. The van der Waals surface area contributed by atoms with E-state index in [1.165, 1.54) is 31.2 Å². The van der Waals surface area contributed by atoms with Crippen molar-refractivity contribution in [2.45, 2.75) is 44.9 Å². The fraction of sp³-hybridized carbons (Fsp3) is 0.400. The zero-order chi connectivity index (χ0) is 16.8. The molecule has 3 nitrogen and oxygen atoms in total. The third kappa shape index (κ3) is 4.31. The van der Waals surface area contributed by atoms with Crippen molar-refractivity contribution in [3.8, 4) is 11.5 Å². The molecule has 128 valence electrons. The summed E-state index contributed by atoms with van der Waals surface area (Å²) in [4.78, 5) is 0. The molecule has 0 aliphatic heterocycles. The van der Waals surface area contributed by atoms with Gasteiger partial charge in [-0.25, -0.2) is 0 Å². The van der Waals surface area contributed by atoms with Crippen LogP contribution in [0.5, 0.6) is 11.5 Å². The Morgan fingerprint density at radius 1 is 1.08 bits per heavy atom. The average molecular weight is 390 g/mol.